The molecule has 8 nitrogen and oxygen atoms in total. The van der Waals surface area contributed by atoms with Crippen molar-refractivity contribution >= 4 is 40.1 Å². The fourth-order valence-corrected chi connectivity index (χ4v) is 3.03. The number of nitrogens with zero attached hydrogens (tertiary/aromatic N) is 1. The van der Waals surface area contributed by atoms with E-state index in [0.29, 0.717) is 52.1 Å². The quantitative estimate of drug-likeness (QED) is 0.680. The Labute approximate surface area is 170 Å². The zero-order valence-corrected chi connectivity index (χ0v) is 15.9. The zero-order chi connectivity index (χ0) is 20.2. The van der Waals surface area contributed by atoms with Gasteiger partial charge in [0.05, 0.1) is 5.02 Å². The van der Waals surface area contributed by atoms with Gasteiger partial charge in [0.15, 0.2) is 18.1 Å². The minimum atomic E-state index is -0.686. The van der Waals surface area contributed by atoms with Gasteiger partial charge < -0.3 is 19.5 Å². The third-order valence-electron chi connectivity index (χ3n) is 4.09. The Balaban J connectivity index is 1.34. The molecule has 29 heavy (non-hydrogen) atoms. The Hall–Kier alpha value is -3.52. The number of hydrogen-bond donors (Lipinski definition) is 2. The highest BCUT2D eigenvalue weighted by Crippen LogP contribution is 2.32. The Morgan fingerprint density at radius 3 is 2.79 bits per heavy atom. The molecule has 0 saturated heterocycles. The molecule has 0 fully saturated rings. The van der Waals surface area contributed by atoms with Crippen LogP contribution in [-0.4, -0.2) is 36.7 Å². The lowest BCUT2D eigenvalue weighted by atomic mass is 10.2. The fourth-order valence-electron chi connectivity index (χ4n) is 2.82. The number of amides is 3. The maximum atomic E-state index is 12.1. The van der Waals surface area contributed by atoms with E-state index in [9.17, 15) is 9.59 Å². The maximum Gasteiger partial charge on any atom is 0.325 e. The Morgan fingerprint density at radius 1 is 1.10 bits per heavy atom. The van der Waals surface area contributed by atoms with Gasteiger partial charge in [-0.1, -0.05) is 11.6 Å². The molecule has 0 bridgehead atoms. The lowest BCUT2D eigenvalue weighted by Crippen LogP contribution is -2.37. The number of fused-ring (bicyclic) bond motifs is 2. The van der Waals surface area contributed by atoms with Gasteiger partial charge in [0.1, 0.15) is 24.5 Å². The number of anilines is 1. The number of urea groups is 1. The van der Waals surface area contributed by atoms with E-state index in [1.54, 1.807) is 48.7 Å². The summed E-state index contributed by atoms with van der Waals surface area (Å²) in [7, 11) is 0. The number of carbonyl (C=O) groups excluding carboxylic acids is 2. The average Bonchev–Trinajstić information content (AvgIpc) is 2.73. The van der Waals surface area contributed by atoms with Gasteiger partial charge in [-0.15, -0.1) is 0 Å². The highest BCUT2D eigenvalue weighted by molar-refractivity contribution is 6.35. The second-order valence-electron chi connectivity index (χ2n) is 6.09. The molecule has 2 heterocycles. The smallest absolute Gasteiger partial charge is 0.325 e. The number of nitrogens with one attached hydrogen (secondary N) is 2. The summed E-state index contributed by atoms with van der Waals surface area (Å²) >= 11 is 6.14. The van der Waals surface area contributed by atoms with E-state index in [1.807, 2.05) is 0 Å². The second-order valence-corrected chi connectivity index (χ2v) is 6.50. The molecule has 0 spiro atoms. The van der Waals surface area contributed by atoms with Crippen molar-refractivity contribution in [2.45, 2.75) is 0 Å². The van der Waals surface area contributed by atoms with Crippen LogP contribution in [0.4, 0.5) is 10.5 Å². The van der Waals surface area contributed by atoms with Gasteiger partial charge in [-0.05, 0) is 36.4 Å². The van der Waals surface area contributed by atoms with E-state index in [2.05, 4.69) is 15.6 Å². The number of benzene rings is 2. The number of pyridine rings is 1. The molecular formula is C20H16ClN3O5. The van der Waals surface area contributed by atoms with Gasteiger partial charge in [-0.3, -0.25) is 15.1 Å². The standard InChI is InChI=1S/C20H16ClN3O5/c21-14-4-6-16(19-13(14)2-1-7-22-19)29-11-18(25)24-20(26)23-12-3-5-15-17(10-12)28-9-8-27-15/h1-7,10H,8-9,11H2,(H2,23,24,25,26). The van der Waals surface area contributed by atoms with Crippen molar-refractivity contribution < 1.29 is 23.8 Å². The van der Waals surface area contributed by atoms with E-state index in [-0.39, 0.29) is 6.61 Å². The van der Waals surface area contributed by atoms with E-state index in [4.69, 9.17) is 25.8 Å². The summed E-state index contributed by atoms with van der Waals surface area (Å²) in [6, 6.07) is 11.1. The van der Waals surface area contributed by atoms with E-state index in [1.165, 1.54) is 0 Å². The molecule has 1 aliphatic rings. The van der Waals surface area contributed by atoms with Crippen LogP contribution in [0.2, 0.25) is 5.02 Å². The number of imide groups is 1. The molecule has 3 amide bonds. The molecule has 4 rings (SSSR count). The van der Waals surface area contributed by atoms with Crippen LogP contribution in [0.3, 0.4) is 0 Å². The normalized spacial score (nSPS) is 12.3. The molecule has 0 radical (unpaired) electrons. The number of rotatable bonds is 4. The predicted octanol–water partition coefficient (Wildman–Crippen LogP) is 3.39. The van der Waals surface area contributed by atoms with Crippen LogP contribution in [0.25, 0.3) is 10.9 Å². The summed E-state index contributed by atoms with van der Waals surface area (Å²) in [4.78, 5) is 28.4. The third kappa shape index (κ3) is 4.33. The maximum absolute atomic E-state index is 12.1. The molecular weight excluding hydrogens is 398 g/mol. The highest BCUT2D eigenvalue weighted by Gasteiger charge is 2.15. The molecule has 9 heteroatoms. The molecule has 0 saturated carbocycles. The largest absolute Gasteiger partial charge is 0.486 e. The van der Waals surface area contributed by atoms with Crippen molar-refractivity contribution in [2.75, 3.05) is 25.1 Å². The molecule has 0 atom stereocenters. The summed E-state index contributed by atoms with van der Waals surface area (Å²) in [5.41, 5.74) is 1.00. The second kappa shape index (κ2) is 8.24. The van der Waals surface area contributed by atoms with Crippen molar-refractivity contribution in [3.05, 3.63) is 53.7 Å². The highest BCUT2D eigenvalue weighted by atomic mass is 35.5. The van der Waals surface area contributed by atoms with Crippen LogP contribution < -0.4 is 24.8 Å². The van der Waals surface area contributed by atoms with Crippen molar-refractivity contribution in [1.82, 2.24) is 10.3 Å². The summed E-state index contributed by atoms with van der Waals surface area (Å²) in [6.07, 6.45) is 1.60. The topological polar surface area (TPSA) is 98.8 Å². The number of aromatic nitrogens is 1. The van der Waals surface area contributed by atoms with Gasteiger partial charge in [-0.25, -0.2) is 4.79 Å². The zero-order valence-electron chi connectivity index (χ0n) is 15.1. The van der Waals surface area contributed by atoms with E-state index in [0.717, 1.165) is 0 Å². The Bertz CT molecular complexity index is 1090. The minimum Gasteiger partial charge on any atom is -0.486 e. The van der Waals surface area contributed by atoms with Gasteiger partial charge >= 0.3 is 6.03 Å². The molecule has 1 aromatic heterocycles. The van der Waals surface area contributed by atoms with Crippen LogP contribution in [0, 0.1) is 0 Å². The first-order valence-corrected chi connectivity index (χ1v) is 9.14. The molecule has 2 aromatic carbocycles. The first-order chi connectivity index (χ1) is 14.1. The van der Waals surface area contributed by atoms with Crippen LogP contribution in [0.5, 0.6) is 17.2 Å². The molecule has 2 N–H and O–H groups in total. The minimum absolute atomic E-state index is 0.359. The SMILES string of the molecule is O=C(COc1ccc(Cl)c2cccnc12)NC(=O)Nc1ccc2c(c1)OCCO2. The third-order valence-corrected chi connectivity index (χ3v) is 4.42. The van der Waals surface area contributed by atoms with Gasteiger partial charge in [0, 0.05) is 23.3 Å². The number of ether oxygens (including phenoxy) is 3. The first kappa shape index (κ1) is 18.8. The average molecular weight is 414 g/mol. The monoisotopic (exact) mass is 413 g/mol. The summed E-state index contributed by atoms with van der Waals surface area (Å²) in [5, 5.41) is 6.01. The van der Waals surface area contributed by atoms with Crippen molar-refractivity contribution in [2.24, 2.45) is 0 Å². The number of halogens is 1. The molecule has 1 aliphatic heterocycles. The summed E-state index contributed by atoms with van der Waals surface area (Å²) in [6.45, 7) is 0.557. The lowest BCUT2D eigenvalue weighted by molar-refractivity contribution is -0.121. The van der Waals surface area contributed by atoms with Crippen molar-refractivity contribution in [3.63, 3.8) is 0 Å². The molecule has 0 aliphatic carbocycles. The van der Waals surface area contributed by atoms with Crippen molar-refractivity contribution in [3.8, 4) is 17.2 Å². The first-order valence-electron chi connectivity index (χ1n) is 8.77. The van der Waals surface area contributed by atoms with Gasteiger partial charge in [0.25, 0.3) is 5.91 Å². The van der Waals surface area contributed by atoms with Crippen LogP contribution >= 0.6 is 11.6 Å². The summed E-state index contributed by atoms with van der Waals surface area (Å²) in [5.74, 6) is 0.924. The van der Waals surface area contributed by atoms with Crippen molar-refractivity contribution in [1.29, 1.82) is 0 Å². The Morgan fingerprint density at radius 2 is 1.93 bits per heavy atom. The molecule has 0 unspecified atom stereocenters. The van der Waals surface area contributed by atoms with Crippen LogP contribution in [0.1, 0.15) is 0 Å². The lowest BCUT2D eigenvalue weighted by Gasteiger charge is -2.19. The van der Waals surface area contributed by atoms with Gasteiger partial charge in [0.2, 0.25) is 0 Å². The van der Waals surface area contributed by atoms with E-state index >= 15 is 0 Å². The van der Waals surface area contributed by atoms with Crippen LogP contribution in [-0.2, 0) is 4.79 Å². The van der Waals surface area contributed by atoms with E-state index < -0.39 is 11.9 Å². The summed E-state index contributed by atoms with van der Waals surface area (Å²) < 4.78 is 16.4. The fraction of sp³-hybridized carbons (Fsp3) is 0.150. The predicted molar refractivity (Wildman–Crippen MR) is 107 cm³/mol. The molecule has 3 aromatic rings. The number of carbonyl (C=O) groups is 2. The number of hydrogen-bond acceptors (Lipinski definition) is 6. The van der Waals surface area contributed by atoms with Gasteiger partial charge in [-0.2, -0.15) is 0 Å². The Kier molecular flexibility index (Phi) is 5.35. The van der Waals surface area contributed by atoms with Crippen LogP contribution in [0.15, 0.2) is 48.7 Å². The molecule has 148 valence electrons.